The van der Waals surface area contributed by atoms with Crippen LogP contribution in [0.2, 0.25) is 0 Å². The molecule has 0 aromatic heterocycles. The summed E-state index contributed by atoms with van der Waals surface area (Å²) >= 11 is 0. The molecule has 182 valence electrons. The third-order valence-corrected chi connectivity index (χ3v) is 7.54. The highest BCUT2D eigenvalue weighted by atomic mass is 16.5. The highest BCUT2D eigenvalue weighted by Gasteiger charge is 2.47. The van der Waals surface area contributed by atoms with Gasteiger partial charge in [-0.2, -0.15) is 0 Å². The fourth-order valence-electron chi connectivity index (χ4n) is 5.75. The van der Waals surface area contributed by atoms with Crippen LogP contribution in [0.1, 0.15) is 75.8 Å². The van der Waals surface area contributed by atoms with Gasteiger partial charge in [-0.15, -0.1) is 0 Å². The van der Waals surface area contributed by atoms with E-state index in [9.17, 15) is 14.4 Å². The van der Waals surface area contributed by atoms with E-state index in [0.29, 0.717) is 23.3 Å². The summed E-state index contributed by atoms with van der Waals surface area (Å²) in [5.74, 6) is -2.83. The van der Waals surface area contributed by atoms with Crippen molar-refractivity contribution in [1.29, 1.82) is 0 Å². The third-order valence-electron chi connectivity index (χ3n) is 7.54. The summed E-state index contributed by atoms with van der Waals surface area (Å²) in [6.45, 7) is 5.75. The number of allylic oxidation sites excluding steroid dienone is 3. The zero-order valence-corrected chi connectivity index (χ0v) is 20.6. The molecule has 0 spiro atoms. The van der Waals surface area contributed by atoms with Gasteiger partial charge in [0, 0.05) is 22.9 Å². The molecule has 34 heavy (non-hydrogen) atoms. The molecule has 3 atom stereocenters. The van der Waals surface area contributed by atoms with Crippen LogP contribution in [0.4, 0.5) is 0 Å². The summed E-state index contributed by atoms with van der Waals surface area (Å²) in [6, 6.07) is 7.80. The lowest BCUT2D eigenvalue weighted by Gasteiger charge is -2.38. The molecule has 1 heterocycles. The van der Waals surface area contributed by atoms with E-state index >= 15 is 0 Å². The molecule has 1 aliphatic heterocycles. The maximum Gasteiger partial charge on any atom is 0.337 e. The van der Waals surface area contributed by atoms with E-state index in [2.05, 4.69) is 5.32 Å². The molecule has 1 aromatic carbocycles. The van der Waals surface area contributed by atoms with Crippen molar-refractivity contribution in [3.63, 3.8) is 0 Å². The first kappa shape index (κ1) is 24.2. The highest BCUT2D eigenvalue weighted by Crippen LogP contribution is 2.46. The van der Waals surface area contributed by atoms with E-state index in [1.165, 1.54) is 20.0 Å². The Balaban J connectivity index is 1.78. The number of carbonyl (C=O) groups excluding carboxylic acids is 3. The smallest absolute Gasteiger partial charge is 0.337 e. The second-order valence-electron chi connectivity index (χ2n) is 9.91. The minimum atomic E-state index is -0.880. The molecule has 0 saturated heterocycles. The molecule has 2 aliphatic carbocycles. The van der Waals surface area contributed by atoms with E-state index in [-0.39, 0.29) is 23.8 Å². The Morgan fingerprint density at radius 2 is 1.71 bits per heavy atom. The minimum Gasteiger partial charge on any atom is -0.468 e. The van der Waals surface area contributed by atoms with Crippen LogP contribution < -0.4 is 5.32 Å². The number of methoxy groups -OCH3 is 1. The highest BCUT2D eigenvalue weighted by molar-refractivity contribution is 6.12. The molecule has 0 bridgehead atoms. The summed E-state index contributed by atoms with van der Waals surface area (Å²) in [4.78, 5) is 40.0. The SMILES string of the molecule is COC(=O)[C@H]1C(=O)C2=C(C[C@@H]1C)NC(C)=C(C(=O)OC1CCCCCC1)[C@@H]2c1ccccc1C. The molecule has 0 radical (unpaired) electrons. The minimum absolute atomic E-state index is 0.104. The maximum atomic E-state index is 13.8. The van der Waals surface area contributed by atoms with Gasteiger partial charge < -0.3 is 14.8 Å². The van der Waals surface area contributed by atoms with E-state index in [1.807, 2.05) is 45.0 Å². The number of aryl methyl sites for hydroxylation is 1. The van der Waals surface area contributed by atoms with E-state index in [0.717, 1.165) is 42.5 Å². The Labute approximate surface area is 201 Å². The first-order valence-corrected chi connectivity index (χ1v) is 12.4. The zero-order chi connectivity index (χ0) is 24.4. The van der Waals surface area contributed by atoms with Crippen molar-refractivity contribution in [3.05, 3.63) is 57.9 Å². The molecule has 6 nitrogen and oxygen atoms in total. The zero-order valence-electron chi connectivity index (χ0n) is 20.6. The molecular weight excluding hydrogens is 430 g/mol. The number of hydrogen-bond donors (Lipinski definition) is 1. The molecular formula is C28H35NO5. The predicted octanol–water partition coefficient (Wildman–Crippen LogP) is 4.87. The van der Waals surface area contributed by atoms with E-state index in [4.69, 9.17) is 9.47 Å². The Kier molecular flexibility index (Phi) is 7.24. The number of Topliss-reactive ketones (excluding diaryl/α,β-unsaturated/α-hetero) is 1. The summed E-state index contributed by atoms with van der Waals surface area (Å²) < 4.78 is 11.0. The van der Waals surface area contributed by atoms with Crippen LogP contribution in [-0.2, 0) is 23.9 Å². The van der Waals surface area contributed by atoms with Gasteiger partial charge in [0.05, 0.1) is 12.7 Å². The second kappa shape index (κ2) is 10.2. The van der Waals surface area contributed by atoms with Crippen LogP contribution in [0.3, 0.4) is 0 Å². The Morgan fingerprint density at radius 1 is 1.03 bits per heavy atom. The lowest BCUT2D eigenvalue weighted by atomic mass is 9.68. The number of ketones is 1. The Bertz CT molecular complexity index is 1040. The van der Waals surface area contributed by atoms with E-state index in [1.54, 1.807) is 0 Å². The summed E-state index contributed by atoms with van der Waals surface area (Å²) in [6.07, 6.45) is 6.62. The summed E-state index contributed by atoms with van der Waals surface area (Å²) in [5, 5.41) is 3.34. The molecule has 1 N–H and O–H groups in total. The maximum absolute atomic E-state index is 13.8. The normalized spacial score (nSPS) is 25.9. The number of rotatable bonds is 4. The molecule has 3 aliphatic rings. The quantitative estimate of drug-likeness (QED) is 0.388. The molecule has 1 saturated carbocycles. The van der Waals surface area contributed by atoms with Crippen molar-refractivity contribution in [2.24, 2.45) is 11.8 Å². The van der Waals surface area contributed by atoms with Crippen molar-refractivity contribution < 1.29 is 23.9 Å². The van der Waals surface area contributed by atoms with Crippen LogP contribution in [0, 0.1) is 18.8 Å². The molecule has 0 unspecified atom stereocenters. The van der Waals surface area contributed by atoms with Gasteiger partial charge in [0.1, 0.15) is 12.0 Å². The van der Waals surface area contributed by atoms with Crippen molar-refractivity contribution in [2.45, 2.75) is 77.7 Å². The van der Waals surface area contributed by atoms with Crippen molar-refractivity contribution >= 4 is 17.7 Å². The predicted molar refractivity (Wildman–Crippen MR) is 129 cm³/mol. The fraction of sp³-hybridized carbons (Fsp3) is 0.536. The van der Waals surface area contributed by atoms with Gasteiger partial charge in [0.15, 0.2) is 5.78 Å². The monoisotopic (exact) mass is 465 g/mol. The van der Waals surface area contributed by atoms with Crippen molar-refractivity contribution in [1.82, 2.24) is 5.32 Å². The van der Waals surface area contributed by atoms with Gasteiger partial charge in [-0.1, -0.05) is 44.0 Å². The van der Waals surface area contributed by atoms with Crippen LogP contribution in [0.15, 0.2) is 46.8 Å². The van der Waals surface area contributed by atoms with Gasteiger partial charge in [0.25, 0.3) is 0 Å². The van der Waals surface area contributed by atoms with Crippen LogP contribution in [-0.4, -0.2) is 30.9 Å². The summed E-state index contributed by atoms with van der Waals surface area (Å²) in [7, 11) is 1.31. The van der Waals surface area contributed by atoms with Crippen LogP contribution >= 0.6 is 0 Å². The van der Waals surface area contributed by atoms with E-state index < -0.39 is 17.8 Å². The topological polar surface area (TPSA) is 81.7 Å². The Morgan fingerprint density at radius 3 is 2.35 bits per heavy atom. The van der Waals surface area contributed by atoms with Gasteiger partial charge in [-0.25, -0.2) is 4.79 Å². The molecule has 1 aromatic rings. The number of carbonyl (C=O) groups is 3. The fourth-order valence-corrected chi connectivity index (χ4v) is 5.75. The number of hydrogen-bond acceptors (Lipinski definition) is 6. The number of dihydropyridines is 1. The van der Waals surface area contributed by atoms with Gasteiger partial charge in [-0.3, -0.25) is 9.59 Å². The lowest BCUT2D eigenvalue weighted by Crippen LogP contribution is -2.43. The first-order valence-electron chi connectivity index (χ1n) is 12.4. The molecule has 6 heteroatoms. The van der Waals surface area contributed by atoms with Crippen LogP contribution in [0.5, 0.6) is 0 Å². The van der Waals surface area contributed by atoms with Gasteiger partial charge in [0.2, 0.25) is 0 Å². The molecule has 0 amide bonds. The number of esters is 2. The number of nitrogens with one attached hydrogen (secondary N) is 1. The van der Waals surface area contributed by atoms with Gasteiger partial charge in [-0.05, 0) is 63.0 Å². The average molecular weight is 466 g/mol. The standard InChI is InChI=1S/C28H35NO5/c1-16-11-9-10-14-20(16)24-23(28(32)34-19-12-7-5-6-8-13-19)18(3)29-21-15-17(2)22(27(31)33-4)26(30)25(21)24/h9-11,14,17,19,22,24,29H,5-8,12-13,15H2,1-4H3/t17-,22+,24-/m0/s1. The second-order valence-corrected chi connectivity index (χ2v) is 9.91. The third kappa shape index (κ3) is 4.55. The lowest BCUT2D eigenvalue weighted by molar-refractivity contribution is -0.151. The van der Waals surface area contributed by atoms with Crippen LogP contribution in [0.25, 0.3) is 0 Å². The average Bonchev–Trinajstić information content (AvgIpc) is 3.06. The number of benzene rings is 1. The van der Waals surface area contributed by atoms with Crippen molar-refractivity contribution in [3.8, 4) is 0 Å². The van der Waals surface area contributed by atoms with Gasteiger partial charge >= 0.3 is 11.9 Å². The molecule has 1 fully saturated rings. The largest absolute Gasteiger partial charge is 0.468 e. The summed E-state index contributed by atoms with van der Waals surface area (Å²) in [5.41, 5.74) is 4.31. The first-order chi connectivity index (χ1) is 16.3. The molecule has 4 rings (SSSR count). The van der Waals surface area contributed by atoms with Crippen molar-refractivity contribution in [2.75, 3.05) is 7.11 Å². The Hall–Kier alpha value is -2.89. The number of ether oxygens (including phenoxy) is 2.